The molecular formula is C27H29ClF3N3O6S. The molecule has 1 fully saturated rings. The predicted molar refractivity (Wildman–Crippen MR) is 147 cm³/mol. The van der Waals surface area contributed by atoms with Gasteiger partial charge in [-0.1, -0.05) is 30.9 Å². The lowest BCUT2D eigenvalue weighted by molar-refractivity contribution is -0.137. The number of nitrogens with zero attached hydrogens (tertiary/aromatic N) is 1. The van der Waals surface area contributed by atoms with E-state index in [1.54, 1.807) is 12.1 Å². The van der Waals surface area contributed by atoms with Crippen molar-refractivity contribution in [3.8, 4) is 11.5 Å². The SMILES string of the molecule is CC(C(=O)NC1CCCCC1)N(C(=O)CS(=O)CC(=O)Nc1ccc2c(c1)OCO2)c1ccc(Cl)c(C(F)(F)F)c1. The van der Waals surface area contributed by atoms with Gasteiger partial charge in [-0.3, -0.25) is 23.5 Å². The van der Waals surface area contributed by atoms with Crippen molar-refractivity contribution < 1.29 is 41.2 Å². The minimum Gasteiger partial charge on any atom is -0.454 e. The molecule has 0 bridgehead atoms. The van der Waals surface area contributed by atoms with Crippen LogP contribution in [0.5, 0.6) is 11.5 Å². The van der Waals surface area contributed by atoms with Crippen LogP contribution in [-0.4, -0.2) is 52.3 Å². The number of alkyl halides is 3. The van der Waals surface area contributed by atoms with Gasteiger partial charge in [0.15, 0.2) is 11.5 Å². The molecule has 2 aromatic rings. The molecule has 0 aromatic heterocycles. The predicted octanol–water partition coefficient (Wildman–Crippen LogP) is 4.65. The van der Waals surface area contributed by atoms with E-state index in [2.05, 4.69) is 10.6 Å². The first kappa shape index (κ1) is 30.6. The molecule has 14 heteroatoms. The zero-order valence-electron chi connectivity index (χ0n) is 22.1. The highest BCUT2D eigenvalue weighted by Gasteiger charge is 2.36. The third-order valence-corrected chi connectivity index (χ3v) is 8.24. The van der Waals surface area contributed by atoms with Crippen LogP contribution >= 0.6 is 11.6 Å². The van der Waals surface area contributed by atoms with E-state index in [-0.39, 0.29) is 18.5 Å². The van der Waals surface area contributed by atoms with Crippen LogP contribution in [-0.2, 0) is 31.4 Å². The molecule has 1 aliphatic heterocycles. The Kier molecular flexibility index (Phi) is 9.80. The van der Waals surface area contributed by atoms with E-state index < -0.39 is 62.8 Å². The largest absolute Gasteiger partial charge is 0.454 e. The second kappa shape index (κ2) is 13.1. The van der Waals surface area contributed by atoms with Crippen LogP contribution in [0.1, 0.15) is 44.6 Å². The number of hydrogen-bond donors (Lipinski definition) is 2. The van der Waals surface area contributed by atoms with Gasteiger partial charge in [-0.25, -0.2) is 0 Å². The van der Waals surface area contributed by atoms with Gasteiger partial charge in [0.05, 0.1) is 10.6 Å². The summed E-state index contributed by atoms with van der Waals surface area (Å²) in [5.74, 6) is -2.44. The number of nitrogens with one attached hydrogen (secondary N) is 2. The molecular weight excluding hydrogens is 587 g/mol. The van der Waals surface area contributed by atoms with Crippen LogP contribution < -0.4 is 25.0 Å². The molecule has 2 atom stereocenters. The van der Waals surface area contributed by atoms with Crippen molar-refractivity contribution in [2.45, 2.75) is 57.3 Å². The second-order valence-electron chi connectivity index (χ2n) is 9.79. The van der Waals surface area contributed by atoms with E-state index in [1.807, 2.05) is 0 Å². The van der Waals surface area contributed by atoms with Crippen LogP contribution in [0, 0.1) is 0 Å². The molecule has 2 N–H and O–H groups in total. The van der Waals surface area contributed by atoms with Gasteiger partial charge < -0.3 is 20.1 Å². The number of rotatable bonds is 9. The third kappa shape index (κ3) is 7.91. The fourth-order valence-corrected chi connectivity index (χ4v) is 5.83. The molecule has 0 spiro atoms. The van der Waals surface area contributed by atoms with Crippen LogP contribution in [0.2, 0.25) is 5.02 Å². The molecule has 0 radical (unpaired) electrons. The molecule has 0 saturated heterocycles. The smallest absolute Gasteiger partial charge is 0.417 e. The standard InChI is InChI=1S/C27H29ClF3N3O6S/c1-16(26(37)33-17-5-3-2-4-6-17)34(19-8-9-21(28)20(12-19)27(29,30)31)25(36)14-41(38)13-24(35)32-18-7-10-22-23(11-18)40-15-39-22/h7-12,16-17H,2-6,13-15H2,1H3,(H,32,35)(H,33,37). The van der Waals surface area contributed by atoms with Gasteiger partial charge in [0.1, 0.15) is 17.5 Å². The average molecular weight is 616 g/mol. The van der Waals surface area contributed by atoms with Crippen molar-refractivity contribution in [1.82, 2.24) is 5.32 Å². The Morgan fingerprint density at radius 1 is 1.05 bits per heavy atom. The van der Waals surface area contributed by atoms with Crippen molar-refractivity contribution in [2.24, 2.45) is 0 Å². The Morgan fingerprint density at radius 2 is 1.76 bits per heavy atom. The van der Waals surface area contributed by atoms with Gasteiger partial charge in [0.25, 0.3) is 0 Å². The summed E-state index contributed by atoms with van der Waals surface area (Å²) in [5.41, 5.74) is -1.06. The van der Waals surface area contributed by atoms with E-state index in [1.165, 1.54) is 19.1 Å². The van der Waals surface area contributed by atoms with Crippen molar-refractivity contribution in [1.29, 1.82) is 0 Å². The molecule has 1 heterocycles. The number of fused-ring (bicyclic) bond motifs is 1. The van der Waals surface area contributed by atoms with Crippen molar-refractivity contribution >= 4 is 51.5 Å². The summed E-state index contributed by atoms with van der Waals surface area (Å²) in [6.45, 7) is 1.43. The average Bonchev–Trinajstić information content (AvgIpc) is 3.37. The number of halogens is 4. The van der Waals surface area contributed by atoms with Crippen LogP contribution in [0.4, 0.5) is 24.5 Å². The highest BCUT2D eigenvalue weighted by molar-refractivity contribution is 7.86. The van der Waals surface area contributed by atoms with E-state index >= 15 is 0 Å². The monoisotopic (exact) mass is 615 g/mol. The van der Waals surface area contributed by atoms with Crippen molar-refractivity contribution in [3.05, 3.63) is 47.0 Å². The number of hydrogen-bond acceptors (Lipinski definition) is 6. The molecule has 1 aliphatic carbocycles. The topological polar surface area (TPSA) is 114 Å². The lowest BCUT2D eigenvalue weighted by atomic mass is 9.95. The number of amides is 3. The molecule has 2 aromatic carbocycles. The summed E-state index contributed by atoms with van der Waals surface area (Å²) < 4.78 is 64.1. The van der Waals surface area contributed by atoms with Gasteiger partial charge in [0.2, 0.25) is 24.5 Å². The summed E-state index contributed by atoms with van der Waals surface area (Å²) in [5, 5.41) is 4.86. The molecule has 1 saturated carbocycles. The second-order valence-corrected chi connectivity index (χ2v) is 11.7. The first-order chi connectivity index (χ1) is 19.4. The first-order valence-corrected chi connectivity index (χ1v) is 14.8. The van der Waals surface area contributed by atoms with Gasteiger partial charge >= 0.3 is 6.18 Å². The normalized spacial score (nSPS) is 16.5. The third-order valence-electron chi connectivity index (χ3n) is 6.75. The van der Waals surface area contributed by atoms with E-state index in [0.717, 1.165) is 43.1 Å². The van der Waals surface area contributed by atoms with E-state index in [9.17, 15) is 31.8 Å². The molecule has 222 valence electrons. The van der Waals surface area contributed by atoms with Gasteiger partial charge in [-0.15, -0.1) is 0 Å². The number of carbonyl (C=O) groups is 3. The summed E-state index contributed by atoms with van der Waals surface area (Å²) >= 11 is 5.76. The molecule has 4 rings (SSSR count). The lowest BCUT2D eigenvalue weighted by Gasteiger charge is -2.31. The summed E-state index contributed by atoms with van der Waals surface area (Å²) in [6.07, 6.45) is -0.387. The Hall–Kier alpha value is -3.32. The fraction of sp³-hybridized carbons (Fsp3) is 0.444. The lowest BCUT2D eigenvalue weighted by Crippen LogP contribution is -2.52. The molecule has 3 amide bonds. The quantitative estimate of drug-likeness (QED) is 0.425. The van der Waals surface area contributed by atoms with Gasteiger partial charge in [-0.2, -0.15) is 13.2 Å². The Bertz CT molecular complexity index is 1340. The van der Waals surface area contributed by atoms with Gasteiger partial charge in [-0.05, 0) is 50.1 Å². The molecule has 41 heavy (non-hydrogen) atoms. The van der Waals surface area contributed by atoms with Crippen LogP contribution in [0.25, 0.3) is 0 Å². The highest BCUT2D eigenvalue weighted by Crippen LogP contribution is 2.37. The minimum absolute atomic E-state index is 0.0462. The van der Waals surface area contributed by atoms with E-state index in [0.29, 0.717) is 23.3 Å². The molecule has 9 nitrogen and oxygen atoms in total. The maximum absolute atomic E-state index is 13.6. The maximum atomic E-state index is 13.6. The minimum atomic E-state index is -4.81. The van der Waals surface area contributed by atoms with Gasteiger partial charge in [0, 0.05) is 34.3 Å². The summed E-state index contributed by atoms with van der Waals surface area (Å²) in [6, 6.07) is 6.20. The first-order valence-electron chi connectivity index (χ1n) is 13.0. The zero-order chi connectivity index (χ0) is 29.7. The number of benzene rings is 2. The highest BCUT2D eigenvalue weighted by atomic mass is 35.5. The summed E-state index contributed by atoms with van der Waals surface area (Å²) in [4.78, 5) is 39.9. The Balaban J connectivity index is 1.49. The number of anilines is 2. The van der Waals surface area contributed by atoms with Crippen LogP contribution in [0.3, 0.4) is 0 Å². The van der Waals surface area contributed by atoms with Crippen molar-refractivity contribution in [3.63, 3.8) is 0 Å². The van der Waals surface area contributed by atoms with Crippen molar-refractivity contribution in [2.75, 3.05) is 28.5 Å². The maximum Gasteiger partial charge on any atom is 0.417 e. The number of carbonyl (C=O) groups excluding carboxylic acids is 3. The Labute approximate surface area is 242 Å². The van der Waals surface area contributed by atoms with E-state index in [4.69, 9.17) is 21.1 Å². The number of ether oxygens (including phenoxy) is 2. The zero-order valence-corrected chi connectivity index (χ0v) is 23.7. The van der Waals surface area contributed by atoms with Crippen LogP contribution in [0.15, 0.2) is 36.4 Å². The summed E-state index contributed by atoms with van der Waals surface area (Å²) in [7, 11) is -2.05. The fourth-order valence-electron chi connectivity index (χ4n) is 4.73. The Morgan fingerprint density at radius 3 is 2.46 bits per heavy atom. The molecule has 2 aliphatic rings. The molecule has 2 unspecified atom stereocenters.